The van der Waals surface area contributed by atoms with Gasteiger partial charge in [-0.15, -0.1) is 0 Å². The normalized spacial score (nSPS) is 19.8. The maximum atomic E-state index is 12.3. The number of benzene rings is 1. The molecule has 1 heterocycles. The molecule has 3 rings (SSSR count). The first kappa shape index (κ1) is 12.7. The summed E-state index contributed by atoms with van der Waals surface area (Å²) >= 11 is 0. The molecule has 1 fully saturated rings. The molecule has 0 atom stereocenters. The number of anilines is 1. The molecule has 0 bridgehead atoms. The van der Waals surface area contributed by atoms with Gasteiger partial charge in [0.1, 0.15) is 0 Å². The molecule has 0 radical (unpaired) electrons. The molecule has 1 aromatic carbocycles. The van der Waals surface area contributed by atoms with Gasteiger partial charge in [0, 0.05) is 24.8 Å². The summed E-state index contributed by atoms with van der Waals surface area (Å²) in [6, 6.07) is 6.30. The van der Waals surface area contributed by atoms with E-state index in [4.69, 9.17) is 4.74 Å². The number of nitrogens with one attached hydrogen (secondary N) is 1. The quantitative estimate of drug-likeness (QED) is 0.886. The zero-order valence-corrected chi connectivity index (χ0v) is 11.3. The van der Waals surface area contributed by atoms with E-state index in [1.807, 2.05) is 6.07 Å². The standard InChI is InChI=1S/C16H21NO2/c18-16(13-8-10-19-11-9-13)17-15-7-3-5-12-4-1-2-6-14(12)15/h3,5,7,13H,1-2,4,6,8-11H2,(H,17,18). The lowest BCUT2D eigenvalue weighted by atomic mass is 9.90. The van der Waals surface area contributed by atoms with Gasteiger partial charge in [-0.25, -0.2) is 0 Å². The fraction of sp³-hybridized carbons (Fsp3) is 0.562. The highest BCUT2D eigenvalue weighted by Crippen LogP contribution is 2.28. The van der Waals surface area contributed by atoms with E-state index in [2.05, 4.69) is 17.4 Å². The molecule has 1 saturated heterocycles. The number of carbonyl (C=O) groups is 1. The Morgan fingerprint density at radius 3 is 2.79 bits per heavy atom. The van der Waals surface area contributed by atoms with Crippen molar-refractivity contribution < 1.29 is 9.53 Å². The number of aryl methyl sites for hydroxylation is 1. The lowest BCUT2D eigenvalue weighted by molar-refractivity contribution is -0.122. The predicted octanol–water partition coefficient (Wildman–Crippen LogP) is 2.93. The number of fused-ring (bicyclic) bond motifs is 1. The van der Waals surface area contributed by atoms with Crippen LogP contribution in [0.1, 0.15) is 36.8 Å². The summed E-state index contributed by atoms with van der Waals surface area (Å²) in [6.45, 7) is 1.43. The summed E-state index contributed by atoms with van der Waals surface area (Å²) in [6.07, 6.45) is 6.44. The third-order valence-corrected chi connectivity index (χ3v) is 4.25. The van der Waals surface area contributed by atoms with Crippen LogP contribution in [-0.4, -0.2) is 19.1 Å². The van der Waals surface area contributed by atoms with Gasteiger partial charge >= 0.3 is 0 Å². The second-order valence-corrected chi connectivity index (χ2v) is 5.53. The van der Waals surface area contributed by atoms with Crippen molar-refractivity contribution >= 4 is 11.6 Å². The van der Waals surface area contributed by atoms with E-state index < -0.39 is 0 Å². The first-order valence-electron chi connectivity index (χ1n) is 7.34. The molecule has 102 valence electrons. The van der Waals surface area contributed by atoms with E-state index in [1.165, 1.54) is 24.0 Å². The van der Waals surface area contributed by atoms with Crippen LogP contribution >= 0.6 is 0 Å². The van der Waals surface area contributed by atoms with E-state index in [0.29, 0.717) is 13.2 Å². The maximum Gasteiger partial charge on any atom is 0.227 e. The van der Waals surface area contributed by atoms with Gasteiger partial charge in [0.25, 0.3) is 0 Å². The summed E-state index contributed by atoms with van der Waals surface area (Å²) in [7, 11) is 0. The molecular weight excluding hydrogens is 238 g/mol. The molecule has 1 N–H and O–H groups in total. The highest BCUT2D eigenvalue weighted by Gasteiger charge is 2.23. The summed E-state index contributed by atoms with van der Waals surface area (Å²) < 4.78 is 5.31. The second-order valence-electron chi connectivity index (χ2n) is 5.53. The minimum absolute atomic E-state index is 0.119. The third-order valence-electron chi connectivity index (χ3n) is 4.25. The van der Waals surface area contributed by atoms with Gasteiger partial charge in [-0.05, 0) is 55.7 Å². The van der Waals surface area contributed by atoms with Crippen molar-refractivity contribution in [3.8, 4) is 0 Å². The third kappa shape index (κ3) is 2.81. The van der Waals surface area contributed by atoms with Crippen molar-refractivity contribution in [3.63, 3.8) is 0 Å². The molecule has 19 heavy (non-hydrogen) atoms. The van der Waals surface area contributed by atoms with Crippen LogP contribution in [0.15, 0.2) is 18.2 Å². The highest BCUT2D eigenvalue weighted by atomic mass is 16.5. The Hall–Kier alpha value is -1.35. The largest absolute Gasteiger partial charge is 0.381 e. The van der Waals surface area contributed by atoms with Crippen LogP contribution in [0.3, 0.4) is 0 Å². The minimum atomic E-state index is 0.119. The Bertz CT molecular complexity index is 464. The number of carbonyl (C=O) groups excluding carboxylic acids is 1. The van der Waals surface area contributed by atoms with Crippen molar-refractivity contribution in [2.45, 2.75) is 38.5 Å². The Kier molecular flexibility index (Phi) is 3.83. The fourth-order valence-electron chi connectivity index (χ4n) is 3.09. The van der Waals surface area contributed by atoms with Crippen molar-refractivity contribution in [2.24, 2.45) is 5.92 Å². The molecule has 1 aromatic rings. The molecule has 0 unspecified atom stereocenters. The monoisotopic (exact) mass is 259 g/mol. The maximum absolute atomic E-state index is 12.3. The minimum Gasteiger partial charge on any atom is -0.381 e. The molecule has 2 aliphatic rings. The molecule has 0 spiro atoms. The summed E-state index contributed by atoms with van der Waals surface area (Å²) in [5, 5.41) is 3.15. The number of hydrogen-bond acceptors (Lipinski definition) is 2. The van der Waals surface area contributed by atoms with Crippen molar-refractivity contribution in [1.82, 2.24) is 0 Å². The van der Waals surface area contributed by atoms with Crippen LogP contribution < -0.4 is 5.32 Å². The fourth-order valence-corrected chi connectivity index (χ4v) is 3.09. The molecule has 0 aromatic heterocycles. The number of rotatable bonds is 2. The zero-order valence-electron chi connectivity index (χ0n) is 11.3. The van der Waals surface area contributed by atoms with E-state index in [9.17, 15) is 4.79 Å². The molecule has 3 heteroatoms. The highest BCUT2D eigenvalue weighted by molar-refractivity contribution is 5.93. The van der Waals surface area contributed by atoms with Crippen LogP contribution in [0, 0.1) is 5.92 Å². The first-order valence-corrected chi connectivity index (χ1v) is 7.34. The lowest BCUT2D eigenvalue weighted by Crippen LogP contribution is -2.29. The van der Waals surface area contributed by atoms with Crippen LogP contribution in [0.5, 0.6) is 0 Å². The van der Waals surface area contributed by atoms with Crippen LogP contribution in [0.4, 0.5) is 5.69 Å². The molecular formula is C16H21NO2. The van der Waals surface area contributed by atoms with Crippen LogP contribution in [0.25, 0.3) is 0 Å². The SMILES string of the molecule is O=C(Nc1cccc2c1CCCC2)C1CCOCC1. The van der Waals surface area contributed by atoms with Crippen molar-refractivity contribution in [3.05, 3.63) is 29.3 Å². The van der Waals surface area contributed by atoms with Gasteiger partial charge in [0.2, 0.25) is 5.91 Å². The summed E-state index contributed by atoms with van der Waals surface area (Å²) in [5.74, 6) is 0.287. The van der Waals surface area contributed by atoms with Gasteiger partial charge in [0.15, 0.2) is 0 Å². The van der Waals surface area contributed by atoms with Crippen LogP contribution in [-0.2, 0) is 22.4 Å². The summed E-state index contributed by atoms with van der Waals surface area (Å²) in [4.78, 5) is 12.3. The van der Waals surface area contributed by atoms with E-state index in [0.717, 1.165) is 31.4 Å². The number of ether oxygens (including phenoxy) is 1. The van der Waals surface area contributed by atoms with E-state index in [1.54, 1.807) is 0 Å². The van der Waals surface area contributed by atoms with E-state index >= 15 is 0 Å². The molecule has 1 aliphatic carbocycles. The smallest absolute Gasteiger partial charge is 0.227 e. The Morgan fingerprint density at radius 1 is 1.16 bits per heavy atom. The Morgan fingerprint density at radius 2 is 1.95 bits per heavy atom. The van der Waals surface area contributed by atoms with E-state index in [-0.39, 0.29) is 11.8 Å². The first-order chi connectivity index (χ1) is 9.34. The Labute approximate surface area is 114 Å². The van der Waals surface area contributed by atoms with Gasteiger partial charge in [-0.3, -0.25) is 4.79 Å². The Balaban J connectivity index is 1.74. The average molecular weight is 259 g/mol. The van der Waals surface area contributed by atoms with Gasteiger partial charge in [-0.2, -0.15) is 0 Å². The van der Waals surface area contributed by atoms with Gasteiger partial charge in [0.05, 0.1) is 0 Å². The number of hydrogen-bond donors (Lipinski definition) is 1. The summed E-state index contributed by atoms with van der Waals surface area (Å²) in [5.41, 5.74) is 3.80. The van der Waals surface area contributed by atoms with Gasteiger partial charge < -0.3 is 10.1 Å². The van der Waals surface area contributed by atoms with Crippen molar-refractivity contribution in [2.75, 3.05) is 18.5 Å². The number of amides is 1. The van der Waals surface area contributed by atoms with Crippen LogP contribution in [0.2, 0.25) is 0 Å². The van der Waals surface area contributed by atoms with Crippen molar-refractivity contribution in [1.29, 1.82) is 0 Å². The van der Waals surface area contributed by atoms with Gasteiger partial charge in [-0.1, -0.05) is 12.1 Å². The second kappa shape index (κ2) is 5.74. The molecule has 3 nitrogen and oxygen atoms in total. The molecule has 1 amide bonds. The molecule has 1 aliphatic heterocycles. The topological polar surface area (TPSA) is 38.3 Å². The predicted molar refractivity (Wildman–Crippen MR) is 75.3 cm³/mol. The average Bonchev–Trinajstić information content (AvgIpc) is 2.48. The lowest BCUT2D eigenvalue weighted by Gasteiger charge is -2.24. The zero-order chi connectivity index (χ0) is 13.1. The molecule has 0 saturated carbocycles.